The van der Waals surface area contributed by atoms with Crippen LogP contribution in [0.1, 0.15) is 69.9 Å². The molecule has 5 aromatic rings. The number of fused-ring (bicyclic) bond motifs is 1. The Bertz CT molecular complexity index is 1580. The molecule has 6 nitrogen and oxygen atoms in total. The summed E-state index contributed by atoms with van der Waals surface area (Å²) >= 11 is 0. The van der Waals surface area contributed by atoms with E-state index in [1.54, 1.807) is 6.20 Å². The summed E-state index contributed by atoms with van der Waals surface area (Å²) in [6, 6.07) is 26.2. The average molecular weight is 574 g/mol. The van der Waals surface area contributed by atoms with Crippen LogP contribution in [0.5, 0.6) is 0 Å². The van der Waals surface area contributed by atoms with Gasteiger partial charge in [0.2, 0.25) is 0 Å². The van der Waals surface area contributed by atoms with E-state index in [-0.39, 0.29) is 11.8 Å². The van der Waals surface area contributed by atoms with Crippen LogP contribution in [0, 0.1) is 13.8 Å². The zero-order valence-electron chi connectivity index (χ0n) is 25.5. The molecule has 0 atom stereocenters. The van der Waals surface area contributed by atoms with Crippen molar-refractivity contribution in [2.75, 3.05) is 26.2 Å². The molecule has 6 heteroatoms. The van der Waals surface area contributed by atoms with Crippen molar-refractivity contribution in [2.45, 2.75) is 58.5 Å². The highest BCUT2D eigenvalue weighted by molar-refractivity contribution is 6.02. The molecule has 222 valence electrons. The number of carbonyl (C=O) groups excluding carboxylic acids is 1. The number of nitrogens with one attached hydrogen (secondary N) is 1. The molecular weight excluding hydrogens is 530 g/mol. The number of likely N-dealkylation sites (tertiary alicyclic amines) is 1. The van der Waals surface area contributed by atoms with Gasteiger partial charge in [0, 0.05) is 61.0 Å². The number of aromatic nitrogens is 3. The molecule has 1 N–H and O–H groups in total. The van der Waals surface area contributed by atoms with Crippen LogP contribution >= 0.6 is 0 Å². The number of imidazole rings is 1. The Hall–Kier alpha value is -4.16. The second kappa shape index (κ2) is 13.4. The van der Waals surface area contributed by atoms with E-state index in [1.165, 1.54) is 41.5 Å². The molecule has 3 heterocycles. The SMILES string of the molecule is Cc1ccc(C(c2ccc(C)cc2)c2c(C(=O)NCCCn3ccnc3)n(CCN3CCCCC3)c3ccccc23)cc1. The fourth-order valence-corrected chi connectivity index (χ4v) is 6.53. The van der Waals surface area contributed by atoms with Gasteiger partial charge in [-0.15, -0.1) is 0 Å². The molecule has 0 bridgehead atoms. The fraction of sp³-hybridized carbons (Fsp3) is 0.351. The lowest BCUT2D eigenvalue weighted by atomic mass is 9.83. The second-order valence-electron chi connectivity index (χ2n) is 12.0. The number of aryl methyl sites for hydroxylation is 3. The van der Waals surface area contributed by atoms with Crippen molar-refractivity contribution >= 4 is 16.8 Å². The van der Waals surface area contributed by atoms with Crippen LogP contribution < -0.4 is 5.32 Å². The smallest absolute Gasteiger partial charge is 0.268 e. The van der Waals surface area contributed by atoms with E-state index < -0.39 is 0 Å². The predicted molar refractivity (Wildman–Crippen MR) is 175 cm³/mol. The quantitative estimate of drug-likeness (QED) is 0.174. The number of amides is 1. The monoisotopic (exact) mass is 573 g/mol. The first-order chi connectivity index (χ1) is 21.1. The Labute approximate surface area is 255 Å². The molecule has 0 aliphatic carbocycles. The molecule has 1 fully saturated rings. The van der Waals surface area contributed by atoms with Gasteiger partial charge in [-0.25, -0.2) is 4.98 Å². The molecular formula is C37H43N5O. The van der Waals surface area contributed by atoms with E-state index in [0.29, 0.717) is 6.54 Å². The van der Waals surface area contributed by atoms with Gasteiger partial charge in [-0.05, 0) is 63.4 Å². The third-order valence-electron chi connectivity index (χ3n) is 8.86. The van der Waals surface area contributed by atoms with Gasteiger partial charge in [0.15, 0.2) is 0 Å². The Morgan fingerprint density at radius 2 is 1.51 bits per heavy atom. The van der Waals surface area contributed by atoms with E-state index in [4.69, 9.17) is 0 Å². The lowest BCUT2D eigenvalue weighted by Gasteiger charge is -2.27. The van der Waals surface area contributed by atoms with Gasteiger partial charge < -0.3 is 19.4 Å². The Morgan fingerprint density at radius 3 is 2.16 bits per heavy atom. The van der Waals surface area contributed by atoms with Crippen molar-refractivity contribution in [1.82, 2.24) is 24.3 Å². The maximum absolute atomic E-state index is 14.4. The van der Waals surface area contributed by atoms with Gasteiger partial charge in [0.05, 0.1) is 6.33 Å². The Kier molecular flexibility index (Phi) is 9.04. The van der Waals surface area contributed by atoms with E-state index in [2.05, 4.69) is 111 Å². The lowest BCUT2D eigenvalue weighted by molar-refractivity contribution is 0.0941. The van der Waals surface area contributed by atoms with E-state index in [1.807, 2.05) is 12.5 Å². The van der Waals surface area contributed by atoms with Crippen LogP contribution in [0.3, 0.4) is 0 Å². The molecule has 0 saturated carbocycles. The van der Waals surface area contributed by atoms with Gasteiger partial charge >= 0.3 is 0 Å². The van der Waals surface area contributed by atoms with E-state index in [9.17, 15) is 4.79 Å². The van der Waals surface area contributed by atoms with Crippen molar-refractivity contribution in [2.24, 2.45) is 0 Å². The number of para-hydroxylation sites is 1. The van der Waals surface area contributed by atoms with Crippen molar-refractivity contribution in [3.05, 3.63) is 125 Å². The van der Waals surface area contributed by atoms with Crippen LogP contribution in [0.25, 0.3) is 10.9 Å². The van der Waals surface area contributed by atoms with Crippen LogP contribution in [0.15, 0.2) is 91.5 Å². The molecule has 0 radical (unpaired) electrons. The zero-order valence-corrected chi connectivity index (χ0v) is 25.5. The Balaban J connectivity index is 1.45. The van der Waals surface area contributed by atoms with Crippen LogP contribution in [-0.2, 0) is 13.1 Å². The van der Waals surface area contributed by atoms with Crippen molar-refractivity contribution < 1.29 is 4.79 Å². The van der Waals surface area contributed by atoms with Crippen molar-refractivity contribution in [1.29, 1.82) is 0 Å². The normalized spacial score (nSPS) is 14.0. The Morgan fingerprint density at radius 1 is 0.837 bits per heavy atom. The zero-order chi connectivity index (χ0) is 29.6. The molecule has 2 aromatic heterocycles. The highest BCUT2D eigenvalue weighted by atomic mass is 16.1. The van der Waals surface area contributed by atoms with Crippen LogP contribution in [0.4, 0.5) is 0 Å². The summed E-state index contributed by atoms with van der Waals surface area (Å²) in [4.78, 5) is 21.1. The number of benzene rings is 3. The number of hydrogen-bond acceptors (Lipinski definition) is 3. The first kappa shape index (κ1) is 28.9. The van der Waals surface area contributed by atoms with Crippen LogP contribution in [0.2, 0.25) is 0 Å². The number of piperidine rings is 1. The van der Waals surface area contributed by atoms with Gasteiger partial charge in [-0.1, -0.05) is 84.3 Å². The largest absolute Gasteiger partial charge is 0.351 e. The molecule has 3 aromatic carbocycles. The van der Waals surface area contributed by atoms with E-state index >= 15 is 0 Å². The summed E-state index contributed by atoms with van der Waals surface area (Å²) < 4.78 is 4.36. The lowest BCUT2D eigenvalue weighted by Crippen LogP contribution is -2.34. The minimum Gasteiger partial charge on any atom is -0.351 e. The van der Waals surface area contributed by atoms with Gasteiger partial charge in [-0.2, -0.15) is 0 Å². The van der Waals surface area contributed by atoms with E-state index in [0.717, 1.165) is 61.3 Å². The van der Waals surface area contributed by atoms with Gasteiger partial charge in [0.25, 0.3) is 5.91 Å². The molecule has 43 heavy (non-hydrogen) atoms. The third-order valence-corrected chi connectivity index (χ3v) is 8.86. The molecule has 0 spiro atoms. The first-order valence-electron chi connectivity index (χ1n) is 15.8. The third kappa shape index (κ3) is 6.60. The molecule has 1 aliphatic heterocycles. The van der Waals surface area contributed by atoms with Gasteiger partial charge in [0.1, 0.15) is 5.69 Å². The number of rotatable bonds is 11. The summed E-state index contributed by atoms with van der Waals surface area (Å²) in [7, 11) is 0. The molecule has 1 aliphatic rings. The highest BCUT2D eigenvalue weighted by Gasteiger charge is 2.30. The van der Waals surface area contributed by atoms with Crippen LogP contribution in [-0.4, -0.2) is 51.1 Å². The summed E-state index contributed by atoms with van der Waals surface area (Å²) in [6.45, 7) is 9.67. The first-order valence-corrected chi connectivity index (χ1v) is 15.8. The minimum absolute atomic E-state index is 0.000279. The maximum atomic E-state index is 14.4. The molecule has 0 unspecified atom stereocenters. The highest BCUT2D eigenvalue weighted by Crippen LogP contribution is 2.40. The second-order valence-corrected chi connectivity index (χ2v) is 12.0. The summed E-state index contributed by atoms with van der Waals surface area (Å²) in [6.07, 6.45) is 10.2. The maximum Gasteiger partial charge on any atom is 0.268 e. The average Bonchev–Trinajstić information content (AvgIpc) is 3.67. The van der Waals surface area contributed by atoms with Crippen molar-refractivity contribution in [3.8, 4) is 0 Å². The summed E-state index contributed by atoms with van der Waals surface area (Å²) in [5.74, 6) is -0.0752. The summed E-state index contributed by atoms with van der Waals surface area (Å²) in [5, 5.41) is 4.46. The molecule has 1 amide bonds. The number of hydrogen-bond donors (Lipinski definition) is 1. The van der Waals surface area contributed by atoms with Gasteiger partial charge in [-0.3, -0.25) is 4.79 Å². The number of nitrogens with zero attached hydrogens (tertiary/aromatic N) is 4. The standard InChI is InChI=1S/C37H43N5O/c1-28-11-15-30(16-12-28)34(31-17-13-29(2)14-18-31)35-32-9-4-5-10-33(32)42(26-25-40-21-6-3-7-22-40)36(35)37(43)39-19-8-23-41-24-20-38-27-41/h4-5,9-18,20,24,27,34H,3,6-8,19,21-23,25-26H2,1-2H3,(H,39,43). The number of carbonyl (C=O) groups is 1. The minimum atomic E-state index is -0.0750. The van der Waals surface area contributed by atoms with Crippen molar-refractivity contribution in [3.63, 3.8) is 0 Å². The predicted octanol–water partition coefficient (Wildman–Crippen LogP) is 6.94. The summed E-state index contributed by atoms with van der Waals surface area (Å²) in [5.41, 5.74) is 7.85. The molecule has 1 saturated heterocycles. The topological polar surface area (TPSA) is 55.1 Å². The fourth-order valence-electron chi connectivity index (χ4n) is 6.53. The molecule has 6 rings (SSSR count).